The van der Waals surface area contributed by atoms with Crippen LogP contribution in [0.3, 0.4) is 0 Å². The van der Waals surface area contributed by atoms with E-state index in [4.69, 9.17) is 18.0 Å². The Morgan fingerprint density at radius 3 is 2.41 bits per heavy atom. The lowest BCUT2D eigenvalue weighted by Gasteiger charge is -2.25. The number of nitrogens with one attached hydrogen (secondary N) is 1. The molecular weight excluding hydrogens is 347 g/mol. The van der Waals surface area contributed by atoms with Crippen LogP contribution in [0.25, 0.3) is 0 Å². The normalized spacial score (nSPS) is 13.8. The average Bonchev–Trinajstić information content (AvgIpc) is 2.30. The third-order valence-corrected chi connectivity index (χ3v) is 4.02. The topological polar surface area (TPSA) is 55.1 Å². The van der Waals surface area contributed by atoms with Crippen LogP contribution in [-0.4, -0.2) is 10.9 Å². The number of anilines is 1. The van der Waals surface area contributed by atoms with Crippen molar-refractivity contribution < 1.29 is 4.79 Å². The summed E-state index contributed by atoms with van der Waals surface area (Å²) in [5, 5.41) is 2.83. The maximum Gasteiger partial charge on any atom is 0.237 e. The summed E-state index contributed by atoms with van der Waals surface area (Å²) in [6, 6.07) is 7.57. The van der Waals surface area contributed by atoms with Crippen LogP contribution >= 0.6 is 34.8 Å². The van der Waals surface area contributed by atoms with Crippen molar-refractivity contribution in [1.82, 2.24) is 0 Å². The minimum atomic E-state index is -0.793. The lowest BCUT2D eigenvalue weighted by Crippen LogP contribution is -2.43. The molecule has 1 aromatic rings. The van der Waals surface area contributed by atoms with E-state index in [1.54, 1.807) is 6.92 Å². The lowest BCUT2D eigenvalue weighted by molar-refractivity contribution is -0.121. The molecule has 1 unspecified atom stereocenters. The van der Waals surface area contributed by atoms with Crippen LogP contribution in [0.5, 0.6) is 0 Å². The van der Waals surface area contributed by atoms with Crippen LogP contribution in [-0.2, 0) is 4.79 Å². The Bertz CT molecular complexity index is 433. The smallest absolute Gasteiger partial charge is 0.237 e. The van der Waals surface area contributed by atoms with Gasteiger partial charge in [0.05, 0.1) is 10.4 Å². The summed E-state index contributed by atoms with van der Waals surface area (Å²) in [6.07, 6.45) is 0.582. The number of benzene rings is 1. The maximum absolute atomic E-state index is 12.1. The van der Waals surface area contributed by atoms with E-state index < -0.39 is 5.41 Å². The zero-order chi connectivity index (χ0) is 13.1. The second kappa shape index (κ2) is 5.77. The monoisotopic (exact) mass is 362 g/mol. The molecule has 0 aliphatic rings. The van der Waals surface area contributed by atoms with Crippen LogP contribution in [0.2, 0.25) is 0 Å². The molecular formula is C12H15IN2OS. The van der Waals surface area contributed by atoms with Crippen molar-refractivity contribution in [2.45, 2.75) is 20.3 Å². The maximum atomic E-state index is 12.1. The van der Waals surface area contributed by atoms with Gasteiger partial charge in [-0.25, -0.2) is 0 Å². The van der Waals surface area contributed by atoms with E-state index in [-0.39, 0.29) is 10.9 Å². The molecule has 0 spiro atoms. The fraction of sp³-hybridized carbons (Fsp3) is 0.333. The average molecular weight is 362 g/mol. The van der Waals surface area contributed by atoms with Gasteiger partial charge >= 0.3 is 0 Å². The predicted molar refractivity (Wildman–Crippen MR) is 83.0 cm³/mol. The van der Waals surface area contributed by atoms with Crippen LogP contribution in [0.1, 0.15) is 20.3 Å². The highest BCUT2D eigenvalue weighted by atomic mass is 127. The van der Waals surface area contributed by atoms with E-state index in [0.29, 0.717) is 6.42 Å². The zero-order valence-electron chi connectivity index (χ0n) is 9.79. The van der Waals surface area contributed by atoms with Crippen molar-refractivity contribution >= 4 is 51.4 Å². The van der Waals surface area contributed by atoms with Gasteiger partial charge in [-0.1, -0.05) is 19.1 Å². The Labute approximate surface area is 120 Å². The number of amides is 1. The van der Waals surface area contributed by atoms with Crippen LogP contribution < -0.4 is 11.1 Å². The summed E-state index contributed by atoms with van der Waals surface area (Å²) in [4.78, 5) is 12.3. The van der Waals surface area contributed by atoms with Gasteiger partial charge in [0.25, 0.3) is 0 Å². The van der Waals surface area contributed by atoms with Gasteiger partial charge in [0.2, 0.25) is 5.91 Å². The molecule has 1 atom stereocenters. The number of rotatable bonds is 4. The second-order valence-corrected chi connectivity index (χ2v) is 5.70. The molecule has 0 aliphatic carbocycles. The first-order chi connectivity index (χ1) is 7.90. The number of carbonyl (C=O) groups is 1. The SMILES string of the molecule is CCC(C)(C(=O)Nc1ccc(I)cc1)C(N)=S. The van der Waals surface area contributed by atoms with E-state index in [0.717, 1.165) is 9.26 Å². The quantitative estimate of drug-likeness (QED) is 0.640. The Morgan fingerprint density at radius 1 is 1.47 bits per heavy atom. The molecule has 5 heteroatoms. The van der Waals surface area contributed by atoms with Gasteiger partial charge in [0, 0.05) is 9.26 Å². The van der Waals surface area contributed by atoms with Crippen LogP contribution in [0, 0.1) is 8.99 Å². The lowest BCUT2D eigenvalue weighted by atomic mass is 9.86. The van der Waals surface area contributed by atoms with Crippen molar-refractivity contribution in [3.63, 3.8) is 0 Å². The van der Waals surface area contributed by atoms with E-state index in [1.165, 1.54) is 0 Å². The van der Waals surface area contributed by atoms with Crippen LogP contribution in [0.15, 0.2) is 24.3 Å². The molecule has 0 radical (unpaired) electrons. The van der Waals surface area contributed by atoms with E-state index in [1.807, 2.05) is 31.2 Å². The number of hydrogen-bond donors (Lipinski definition) is 2. The fourth-order valence-electron chi connectivity index (χ4n) is 1.25. The summed E-state index contributed by atoms with van der Waals surface area (Å²) in [5.74, 6) is -0.159. The first kappa shape index (κ1) is 14.4. The zero-order valence-corrected chi connectivity index (χ0v) is 12.8. The van der Waals surface area contributed by atoms with Crippen molar-refractivity contribution in [3.8, 4) is 0 Å². The molecule has 0 fully saturated rings. The first-order valence-corrected chi connectivity index (χ1v) is 6.75. The standard InChI is InChI=1S/C12H15IN2OS/c1-3-12(2,10(14)17)11(16)15-9-6-4-8(13)5-7-9/h4-7H,3H2,1-2H3,(H2,14,17)(H,15,16). The highest BCUT2D eigenvalue weighted by molar-refractivity contribution is 14.1. The first-order valence-electron chi connectivity index (χ1n) is 5.27. The Hall–Kier alpha value is -0.690. The van der Waals surface area contributed by atoms with Crippen molar-refractivity contribution in [2.75, 3.05) is 5.32 Å². The molecule has 3 nitrogen and oxygen atoms in total. The van der Waals surface area contributed by atoms with Crippen molar-refractivity contribution in [3.05, 3.63) is 27.8 Å². The minimum absolute atomic E-state index is 0.159. The van der Waals surface area contributed by atoms with Gasteiger partial charge in [-0.2, -0.15) is 0 Å². The summed E-state index contributed by atoms with van der Waals surface area (Å²) < 4.78 is 1.12. The van der Waals surface area contributed by atoms with Gasteiger partial charge in [0.15, 0.2) is 0 Å². The van der Waals surface area contributed by atoms with Gasteiger partial charge in [-0.3, -0.25) is 4.79 Å². The van der Waals surface area contributed by atoms with Gasteiger partial charge < -0.3 is 11.1 Å². The molecule has 3 N–H and O–H groups in total. The molecule has 0 saturated carbocycles. The van der Waals surface area contributed by atoms with E-state index >= 15 is 0 Å². The molecule has 1 aromatic carbocycles. The van der Waals surface area contributed by atoms with Crippen molar-refractivity contribution in [1.29, 1.82) is 0 Å². The van der Waals surface area contributed by atoms with Crippen LogP contribution in [0.4, 0.5) is 5.69 Å². The largest absolute Gasteiger partial charge is 0.392 e. The number of thiocarbonyl (C=S) groups is 1. The Morgan fingerprint density at radius 2 is 2.00 bits per heavy atom. The molecule has 0 aliphatic heterocycles. The predicted octanol–water partition coefficient (Wildman–Crippen LogP) is 2.93. The molecule has 0 saturated heterocycles. The summed E-state index contributed by atoms with van der Waals surface area (Å²) in [6.45, 7) is 3.66. The molecule has 1 rings (SSSR count). The summed E-state index contributed by atoms with van der Waals surface area (Å²) in [5.41, 5.74) is 5.59. The third-order valence-electron chi connectivity index (χ3n) is 2.85. The molecule has 17 heavy (non-hydrogen) atoms. The van der Waals surface area contributed by atoms with Gasteiger partial charge in [0.1, 0.15) is 0 Å². The second-order valence-electron chi connectivity index (χ2n) is 4.01. The van der Waals surface area contributed by atoms with E-state index in [9.17, 15) is 4.79 Å². The van der Waals surface area contributed by atoms with Gasteiger partial charge in [-0.15, -0.1) is 0 Å². The third kappa shape index (κ3) is 3.38. The number of carbonyl (C=O) groups excluding carboxylic acids is 1. The molecule has 0 heterocycles. The van der Waals surface area contributed by atoms with Gasteiger partial charge in [-0.05, 0) is 60.2 Å². The Kier molecular flexibility index (Phi) is 4.88. The molecule has 0 aromatic heterocycles. The van der Waals surface area contributed by atoms with E-state index in [2.05, 4.69) is 27.9 Å². The highest BCUT2D eigenvalue weighted by Crippen LogP contribution is 2.24. The molecule has 0 bridgehead atoms. The molecule has 1 amide bonds. The summed E-state index contributed by atoms with van der Waals surface area (Å²) >= 11 is 7.17. The number of halogens is 1. The fourth-order valence-corrected chi connectivity index (χ4v) is 1.85. The number of nitrogens with two attached hydrogens (primary N) is 1. The Balaban J connectivity index is 2.85. The van der Waals surface area contributed by atoms with Crippen molar-refractivity contribution in [2.24, 2.45) is 11.1 Å². The highest BCUT2D eigenvalue weighted by Gasteiger charge is 2.34. The minimum Gasteiger partial charge on any atom is -0.392 e. The number of hydrogen-bond acceptors (Lipinski definition) is 2. The summed E-state index contributed by atoms with van der Waals surface area (Å²) in [7, 11) is 0. The molecule has 92 valence electrons.